The number of amides is 1. The number of aliphatic carboxylic acids is 1. The van der Waals surface area contributed by atoms with Gasteiger partial charge in [0.1, 0.15) is 5.78 Å². The first-order valence-electron chi connectivity index (χ1n) is 8.83. The van der Waals surface area contributed by atoms with E-state index in [4.69, 9.17) is 5.11 Å². The lowest BCUT2D eigenvalue weighted by Gasteiger charge is -2.23. The number of Topliss-reactive ketones (excluding diaryl/α,β-unsaturated/α-hetero) is 2. The Hall–Kier alpha value is -3.10. The standard InChI is InChI=1S/C19H22N2O7/c1-9-4-5-10(2)13(6-9)20-19(26)18(25)17(21(27)28)16-11(3)7-14(22)12(16)8-15(23)24/h4-6,11-12,16-17H,7-8H2,1-3H3,(H,20,26)(H,23,24)/t11-,12+,16+,17+/m1/s1. The molecule has 1 aliphatic carbocycles. The third kappa shape index (κ3) is 4.41. The molecule has 1 aliphatic rings. The first-order chi connectivity index (χ1) is 13.0. The van der Waals surface area contributed by atoms with E-state index in [1.165, 1.54) is 0 Å². The second-order valence-corrected chi connectivity index (χ2v) is 7.30. The molecule has 0 aliphatic heterocycles. The maximum Gasteiger partial charge on any atom is 0.304 e. The number of hydrogen-bond donors (Lipinski definition) is 2. The van der Waals surface area contributed by atoms with Crippen LogP contribution in [-0.2, 0) is 19.2 Å². The lowest BCUT2D eigenvalue weighted by atomic mass is 9.80. The van der Waals surface area contributed by atoms with Crippen LogP contribution in [0.2, 0.25) is 0 Å². The van der Waals surface area contributed by atoms with Crippen LogP contribution in [0.1, 0.15) is 30.9 Å². The summed E-state index contributed by atoms with van der Waals surface area (Å²) in [5.41, 5.74) is 1.87. The number of carbonyl (C=O) groups is 4. The minimum atomic E-state index is -1.98. The summed E-state index contributed by atoms with van der Waals surface area (Å²) in [6.45, 7) is 5.06. The van der Waals surface area contributed by atoms with Gasteiger partial charge in [-0.15, -0.1) is 0 Å². The Balaban J connectivity index is 2.31. The summed E-state index contributed by atoms with van der Waals surface area (Å²) in [4.78, 5) is 59.0. The van der Waals surface area contributed by atoms with E-state index in [2.05, 4.69) is 5.32 Å². The predicted molar refractivity (Wildman–Crippen MR) is 98.4 cm³/mol. The fourth-order valence-corrected chi connectivity index (χ4v) is 3.79. The molecule has 0 unspecified atom stereocenters. The molecule has 0 spiro atoms. The van der Waals surface area contributed by atoms with Gasteiger partial charge in [0, 0.05) is 28.9 Å². The van der Waals surface area contributed by atoms with Gasteiger partial charge in [0.05, 0.1) is 6.42 Å². The number of ketones is 2. The molecule has 9 nitrogen and oxygen atoms in total. The van der Waals surface area contributed by atoms with E-state index in [9.17, 15) is 29.3 Å². The molecule has 1 aromatic carbocycles. The second kappa shape index (κ2) is 8.28. The highest BCUT2D eigenvalue weighted by Gasteiger charge is 2.54. The highest BCUT2D eigenvalue weighted by Crippen LogP contribution is 2.39. The van der Waals surface area contributed by atoms with Gasteiger partial charge < -0.3 is 10.4 Å². The van der Waals surface area contributed by atoms with E-state index in [1.807, 2.05) is 6.07 Å². The van der Waals surface area contributed by atoms with Gasteiger partial charge in [-0.05, 0) is 37.0 Å². The zero-order valence-corrected chi connectivity index (χ0v) is 15.8. The molecule has 2 rings (SSSR count). The number of aryl methyl sites for hydroxylation is 2. The average Bonchev–Trinajstić information content (AvgIpc) is 2.84. The number of anilines is 1. The van der Waals surface area contributed by atoms with Crippen molar-refractivity contribution in [2.45, 2.75) is 39.7 Å². The van der Waals surface area contributed by atoms with Gasteiger partial charge in [-0.3, -0.25) is 29.3 Å². The van der Waals surface area contributed by atoms with Gasteiger partial charge in [-0.2, -0.15) is 0 Å². The van der Waals surface area contributed by atoms with Crippen molar-refractivity contribution in [1.82, 2.24) is 0 Å². The summed E-state index contributed by atoms with van der Waals surface area (Å²) in [5.74, 6) is -7.05. The maximum absolute atomic E-state index is 12.6. The van der Waals surface area contributed by atoms with Crippen molar-refractivity contribution in [2.75, 3.05) is 5.32 Å². The molecule has 0 aromatic heterocycles. The third-order valence-corrected chi connectivity index (χ3v) is 5.18. The van der Waals surface area contributed by atoms with E-state index < -0.39 is 58.6 Å². The van der Waals surface area contributed by atoms with Crippen molar-refractivity contribution < 1.29 is 29.2 Å². The molecule has 1 aromatic rings. The van der Waals surface area contributed by atoms with Gasteiger partial charge in [0.25, 0.3) is 17.7 Å². The Labute approximate surface area is 161 Å². The number of benzene rings is 1. The van der Waals surface area contributed by atoms with E-state index >= 15 is 0 Å². The molecule has 0 radical (unpaired) electrons. The minimum absolute atomic E-state index is 0.0567. The summed E-state index contributed by atoms with van der Waals surface area (Å²) in [6, 6.07) is 3.21. The monoisotopic (exact) mass is 390 g/mol. The summed E-state index contributed by atoms with van der Waals surface area (Å²) < 4.78 is 0. The van der Waals surface area contributed by atoms with Gasteiger partial charge in [-0.1, -0.05) is 19.1 Å². The smallest absolute Gasteiger partial charge is 0.304 e. The second-order valence-electron chi connectivity index (χ2n) is 7.30. The molecule has 4 atom stereocenters. The zero-order chi connectivity index (χ0) is 21.2. The zero-order valence-electron chi connectivity index (χ0n) is 15.8. The highest BCUT2D eigenvalue weighted by atomic mass is 16.6. The van der Waals surface area contributed by atoms with Crippen molar-refractivity contribution in [2.24, 2.45) is 17.8 Å². The normalized spacial score (nSPS) is 22.5. The number of hydrogen-bond acceptors (Lipinski definition) is 6. The van der Waals surface area contributed by atoms with Crippen molar-refractivity contribution in [3.63, 3.8) is 0 Å². The molecule has 2 N–H and O–H groups in total. The number of nitrogens with one attached hydrogen (secondary N) is 1. The number of rotatable bonds is 7. The summed E-state index contributed by atoms with van der Waals surface area (Å²) in [5, 5.41) is 23.1. The van der Waals surface area contributed by atoms with Crippen LogP contribution < -0.4 is 5.32 Å². The molecular weight excluding hydrogens is 368 g/mol. The van der Waals surface area contributed by atoms with Crippen LogP contribution in [0.15, 0.2) is 18.2 Å². The van der Waals surface area contributed by atoms with Crippen LogP contribution in [0.3, 0.4) is 0 Å². The quantitative estimate of drug-likeness (QED) is 0.410. The van der Waals surface area contributed by atoms with Gasteiger partial charge in [0.15, 0.2) is 0 Å². The number of carboxylic acids is 1. The molecule has 1 saturated carbocycles. The van der Waals surface area contributed by atoms with Crippen LogP contribution in [0, 0.1) is 41.7 Å². The summed E-state index contributed by atoms with van der Waals surface area (Å²) in [6.07, 6.45) is -0.664. The molecular formula is C19H22N2O7. The molecule has 150 valence electrons. The topological polar surface area (TPSA) is 144 Å². The minimum Gasteiger partial charge on any atom is -0.481 e. The van der Waals surface area contributed by atoms with E-state index in [0.29, 0.717) is 11.3 Å². The third-order valence-electron chi connectivity index (χ3n) is 5.18. The molecule has 0 heterocycles. The lowest BCUT2D eigenvalue weighted by molar-refractivity contribution is -0.518. The fourth-order valence-electron chi connectivity index (χ4n) is 3.79. The molecule has 28 heavy (non-hydrogen) atoms. The summed E-state index contributed by atoms with van der Waals surface area (Å²) in [7, 11) is 0. The predicted octanol–water partition coefficient (Wildman–Crippen LogP) is 1.77. The number of nitrogens with zero attached hydrogens (tertiary/aromatic N) is 1. The van der Waals surface area contributed by atoms with Gasteiger partial charge in [-0.25, -0.2) is 0 Å². The first-order valence-corrected chi connectivity index (χ1v) is 8.83. The Morgan fingerprint density at radius 2 is 1.96 bits per heavy atom. The van der Waals surface area contributed by atoms with Crippen molar-refractivity contribution in [3.8, 4) is 0 Å². The Bertz CT molecular complexity index is 849. The van der Waals surface area contributed by atoms with Gasteiger partial charge >= 0.3 is 5.97 Å². The molecule has 9 heteroatoms. The Morgan fingerprint density at radius 3 is 2.54 bits per heavy atom. The van der Waals surface area contributed by atoms with Crippen LogP contribution in [-0.4, -0.2) is 39.5 Å². The van der Waals surface area contributed by atoms with Gasteiger partial charge in [0.2, 0.25) is 0 Å². The van der Waals surface area contributed by atoms with E-state index in [1.54, 1.807) is 32.9 Å². The molecule has 1 amide bonds. The van der Waals surface area contributed by atoms with Crippen molar-refractivity contribution >= 4 is 29.1 Å². The molecule has 0 saturated heterocycles. The highest BCUT2D eigenvalue weighted by molar-refractivity contribution is 6.42. The van der Waals surface area contributed by atoms with E-state index in [0.717, 1.165) is 5.56 Å². The largest absolute Gasteiger partial charge is 0.481 e. The molecule has 0 bridgehead atoms. The van der Waals surface area contributed by atoms with Crippen molar-refractivity contribution in [1.29, 1.82) is 0 Å². The first kappa shape index (κ1) is 21.2. The van der Waals surface area contributed by atoms with E-state index in [-0.39, 0.29) is 6.42 Å². The Kier molecular flexibility index (Phi) is 6.27. The van der Waals surface area contributed by atoms with Crippen LogP contribution in [0.5, 0.6) is 0 Å². The lowest BCUT2D eigenvalue weighted by Crippen LogP contribution is -2.47. The maximum atomic E-state index is 12.6. The van der Waals surface area contributed by atoms with Crippen molar-refractivity contribution in [3.05, 3.63) is 39.4 Å². The number of carbonyl (C=O) groups excluding carboxylic acids is 3. The fraction of sp³-hybridized carbons (Fsp3) is 0.474. The SMILES string of the molecule is Cc1ccc(C)c(NC(=O)C(=O)[C@H]([C@H]2[C@H](C)CC(=O)[C@@H]2CC(=O)O)[N+](=O)[O-])c1. The number of carboxylic acid groups (broad SMARTS) is 1. The van der Waals surface area contributed by atoms with Crippen LogP contribution in [0.4, 0.5) is 5.69 Å². The van der Waals surface area contributed by atoms with Crippen LogP contribution >= 0.6 is 0 Å². The Morgan fingerprint density at radius 1 is 1.32 bits per heavy atom. The average molecular weight is 390 g/mol. The molecule has 1 fully saturated rings. The summed E-state index contributed by atoms with van der Waals surface area (Å²) >= 11 is 0. The number of nitro groups is 1. The van der Waals surface area contributed by atoms with Crippen LogP contribution in [0.25, 0.3) is 0 Å².